The van der Waals surface area contributed by atoms with E-state index in [1.807, 2.05) is 4.90 Å². The summed E-state index contributed by atoms with van der Waals surface area (Å²) in [6, 6.07) is 7.01. The van der Waals surface area contributed by atoms with E-state index in [-0.39, 0.29) is 11.8 Å². The minimum absolute atomic E-state index is 0.000655. The molecule has 114 valence electrons. The Kier molecular flexibility index (Phi) is 5.59. The van der Waals surface area contributed by atoms with Crippen LogP contribution in [-0.4, -0.2) is 61.4 Å². The summed E-state index contributed by atoms with van der Waals surface area (Å²) in [4.78, 5) is 27.8. The fourth-order valence-corrected chi connectivity index (χ4v) is 2.61. The van der Waals surface area contributed by atoms with Gasteiger partial charge in [-0.25, -0.2) is 0 Å². The molecule has 0 bridgehead atoms. The Morgan fingerprint density at radius 1 is 1.24 bits per heavy atom. The Labute approximate surface area is 129 Å². The highest BCUT2D eigenvalue weighted by Gasteiger charge is 2.21. The highest BCUT2D eigenvalue weighted by Crippen LogP contribution is 2.14. The number of benzene rings is 1. The second kappa shape index (κ2) is 7.43. The smallest absolute Gasteiger partial charge is 0.253 e. The van der Waals surface area contributed by atoms with Gasteiger partial charge in [0.15, 0.2) is 0 Å². The van der Waals surface area contributed by atoms with E-state index in [1.165, 1.54) is 0 Å². The Bertz CT molecular complexity index is 521. The third kappa shape index (κ3) is 4.44. The maximum Gasteiger partial charge on any atom is 0.253 e. The molecule has 1 aromatic rings. The van der Waals surface area contributed by atoms with Crippen LogP contribution in [0.4, 0.5) is 0 Å². The van der Waals surface area contributed by atoms with Crippen molar-refractivity contribution in [3.63, 3.8) is 0 Å². The van der Waals surface area contributed by atoms with E-state index in [2.05, 4.69) is 10.2 Å². The minimum Gasteiger partial charge on any atom is -0.358 e. The van der Waals surface area contributed by atoms with E-state index >= 15 is 0 Å². The number of carbonyl (C=O) groups excluding carboxylic acids is 2. The summed E-state index contributed by atoms with van der Waals surface area (Å²) in [6.45, 7) is 3.25. The molecule has 0 aliphatic carbocycles. The van der Waals surface area contributed by atoms with Gasteiger partial charge in [0.2, 0.25) is 5.91 Å². The van der Waals surface area contributed by atoms with Gasteiger partial charge in [-0.3, -0.25) is 14.5 Å². The van der Waals surface area contributed by atoms with Crippen molar-refractivity contribution in [1.29, 1.82) is 0 Å². The van der Waals surface area contributed by atoms with Crippen molar-refractivity contribution in [3.8, 4) is 0 Å². The number of rotatable bonds is 3. The normalized spacial score (nSPS) is 16.4. The topological polar surface area (TPSA) is 52.7 Å². The maximum atomic E-state index is 12.5. The molecule has 0 radical (unpaired) electrons. The van der Waals surface area contributed by atoms with Gasteiger partial charge >= 0.3 is 0 Å². The third-order valence-electron chi connectivity index (χ3n) is 3.59. The van der Waals surface area contributed by atoms with Crippen LogP contribution in [0, 0.1) is 0 Å². The van der Waals surface area contributed by atoms with Crippen LogP contribution in [0.5, 0.6) is 0 Å². The number of amides is 2. The molecule has 5 nitrogen and oxygen atoms in total. The molecule has 1 heterocycles. The van der Waals surface area contributed by atoms with E-state index in [1.54, 1.807) is 31.3 Å². The molecule has 1 saturated heterocycles. The van der Waals surface area contributed by atoms with E-state index in [4.69, 9.17) is 11.6 Å². The molecule has 2 rings (SSSR count). The van der Waals surface area contributed by atoms with Crippen molar-refractivity contribution >= 4 is 23.4 Å². The van der Waals surface area contributed by atoms with Crippen LogP contribution in [0.25, 0.3) is 0 Å². The van der Waals surface area contributed by atoms with Gasteiger partial charge in [-0.1, -0.05) is 17.7 Å². The van der Waals surface area contributed by atoms with Crippen LogP contribution < -0.4 is 5.32 Å². The number of carbonyl (C=O) groups is 2. The SMILES string of the molecule is CNC(=O)CN1CCCN(C(=O)c2cccc(Cl)c2)CC1. The van der Waals surface area contributed by atoms with Crippen molar-refractivity contribution < 1.29 is 9.59 Å². The van der Waals surface area contributed by atoms with E-state index in [9.17, 15) is 9.59 Å². The number of halogens is 1. The van der Waals surface area contributed by atoms with Crippen LogP contribution in [-0.2, 0) is 4.79 Å². The zero-order valence-electron chi connectivity index (χ0n) is 12.1. The van der Waals surface area contributed by atoms with Crippen molar-refractivity contribution in [2.45, 2.75) is 6.42 Å². The number of nitrogens with one attached hydrogen (secondary N) is 1. The average molecular weight is 310 g/mol. The van der Waals surface area contributed by atoms with Gasteiger partial charge in [0.05, 0.1) is 6.54 Å². The highest BCUT2D eigenvalue weighted by molar-refractivity contribution is 6.30. The largest absolute Gasteiger partial charge is 0.358 e. The van der Waals surface area contributed by atoms with E-state index in [0.717, 1.165) is 13.0 Å². The maximum absolute atomic E-state index is 12.5. The van der Waals surface area contributed by atoms with Gasteiger partial charge in [-0.05, 0) is 24.6 Å². The summed E-state index contributed by atoms with van der Waals surface area (Å²) in [7, 11) is 1.63. The zero-order valence-corrected chi connectivity index (χ0v) is 12.9. The molecule has 1 aliphatic rings. The molecule has 0 atom stereocenters. The molecule has 6 heteroatoms. The van der Waals surface area contributed by atoms with Gasteiger partial charge in [0.25, 0.3) is 5.91 Å². The molecule has 1 fully saturated rings. The lowest BCUT2D eigenvalue weighted by molar-refractivity contribution is -0.121. The number of hydrogen-bond acceptors (Lipinski definition) is 3. The Hall–Kier alpha value is -1.59. The van der Waals surface area contributed by atoms with E-state index < -0.39 is 0 Å². The highest BCUT2D eigenvalue weighted by atomic mass is 35.5. The van der Waals surface area contributed by atoms with Gasteiger partial charge in [-0.15, -0.1) is 0 Å². The lowest BCUT2D eigenvalue weighted by Gasteiger charge is -2.21. The first kappa shape index (κ1) is 15.8. The van der Waals surface area contributed by atoms with Crippen LogP contribution in [0.3, 0.4) is 0 Å². The summed E-state index contributed by atoms with van der Waals surface area (Å²) in [5.74, 6) is 0.00362. The molecule has 21 heavy (non-hydrogen) atoms. The van der Waals surface area contributed by atoms with Gasteiger partial charge in [0.1, 0.15) is 0 Å². The summed E-state index contributed by atoms with van der Waals surface area (Å²) < 4.78 is 0. The van der Waals surface area contributed by atoms with Crippen molar-refractivity contribution in [2.75, 3.05) is 39.8 Å². The lowest BCUT2D eigenvalue weighted by Crippen LogP contribution is -2.39. The average Bonchev–Trinajstić information content (AvgIpc) is 2.72. The molecular weight excluding hydrogens is 290 g/mol. The fourth-order valence-electron chi connectivity index (χ4n) is 2.42. The van der Waals surface area contributed by atoms with Crippen molar-refractivity contribution in [3.05, 3.63) is 34.9 Å². The van der Waals surface area contributed by atoms with Crippen LogP contribution in [0.2, 0.25) is 5.02 Å². The minimum atomic E-state index is -0.000655. The van der Waals surface area contributed by atoms with Gasteiger partial charge in [0, 0.05) is 43.8 Å². The van der Waals surface area contributed by atoms with Crippen LogP contribution in [0.15, 0.2) is 24.3 Å². The molecule has 0 aromatic heterocycles. The summed E-state index contributed by atoms with van der Waals surface area (Å²) in [5.41, 5.74) is 0.613. The number of nitrogens with zero attached hydrogens (tertiary/aromatic N) is 2. The summed E-state index contributed by atoms with van der Waals surface area (Å²) in [6.07, 6.45) is 0.864. The predicted molar refractivity (Wildman–Crippen MR) is 82.5 cm³/mol. The number of hydrogen-bond donors (Lipinski definition) is 1. The third-order valence-corrected chi connectivity index (χ3v) is 3.83. The quantitative estimate of drug-likeness (QED) is 0.914. The van der Waals surface area contributed by atoms with Crippen molar-refractivity contribution in [1.82, 2.24) is 15.1 Å². The van der Waals surface area contributed by atoms with Crippen LogP contribution >= 0.6 is 11.6 Å². The second-order valence-corrected chi connectivity index (χ2v) is 5.54. The van der Waals surface area contributed by atoms with Crippen molar-refractivity contribution in [2.24, 2.45) is 0 Å². The summed E-state index contributed by atoms with van der Waals surface area (Å²) in [5, 5.41) is 3.19. The first-order valence-electron chi connectivity index (χ1n) is 7.08. The van der Waals surface area contributed by atoms with E-state index in [0.29, 0.717) is 36.8 Å². The molecule has 1 aliphatic heterocycles. The standard InChI is InChI=1S/C15H20ClN3O2/c1-17-14(20)11-18-6-3-7-19(9-8-18)15(21)12-4-2-5-13(16)10-12/h2,4-5,10H,3,6-9,11H2,1H3,(H,17,20). The second-order valence-electron chi connectivity index (χ2n) is 5.11. The molecular formula is C15H20ClN3O2. The Balaban J connectivity index is 1.96. The van der Waals surface area contributed by atoms with Gasteiger partial charge < -0.3 is 10.2 Å². The van der Waals surface area contributed by atoms with Gasteiger partial charge in [-0.2, -0.15) is 0 Å². The molecule has 1 N–H and O–H groups in total. The zero-order chi connectivity index (χ0) is 15.2. The fraction of sp³-hybridized carbons (Fsp3) is 0.467. The predicted octanol–water partition coefficient (Wildman–Crippen LogP) is 1.23. The monoisotopic (exact) mass is 309 g/mol. The lowest BCUT2D eigenvalue weighted by atomic mass is 10.2. The summed E-state index contributed by atoms with van der Waals surface area (Å²) >= 11 is 5.93. The molecule has 1 aromatic carbocycles. The molecule has 0 saturated carbocycles. The Morgan fingerprint density at radius 2 is 2.05 bits per heavy atom. The van der Waals surface area contributed by atoms with Crippen LogP contribution in [0.1, 0.15) is 16.8 Å². The first-order valence-corrected chi connectivity index (χ1v) is 7.45. The first-order chi connectivity index (χ1) is 10.1. The molecule has 0 unspecified atom stereocenters. The number of likely N-dealkylation sites (N-methyl/N-ethyl adjacent to an activating group) is 1. The molecule has 0 spiro atoms. The Morgan fingerprint density at radius 3 is 2.76 bits per heavy atom. The molecule has 2 amide bonds.